The van der Waals surface area contributed by atoms with Crippen LogP contribution < -0.4 is 21.7 Å². The van der Waals surface area contributed by atoms with Gasteiger partial charge in [0.2, 0.25) is 0 Å². The predicted octanol–water partition coefficient (Wildman–Crippen LogP) is 9.46. The van der Waals surface area contributed by atoms with Crippen molar-refractivity contribution in [3.8, 4) is 0 Å². The van der Waals surface area contributed by atoms with Crippen LogP contribution in [0, 0.1) is 18.8 Å². The van der Waals surface area contributed by atoms with Crippen molar-refractivity contribution in [3.05, 3.63) is 92.5 Å². The van der Waals surface area contributed by atoms with Gasteiger partial charge in [-0.25, -0.2) is 0 Å². The average molecular weight is 720 g/mol. The molecule has 0 radical (unpaired) electrons. The molecule has 0 aromatic heterocycles. The van der Waals surface area contributed by atoms with Gasteiger partial charge >= 0.3 is 6.18 Å². The van der Waals surface area contributed by atoms with Crippen LogP contribution >= 0.6 is 23.2 Å². The van der Waals surface area contributed by atoms with Gasteiger partial charge in [-0.1, -0.05) is 67.8 Å². The first-order valence-corrected chi connectivity index (χ1v) is 17.5. The summed E-state index contributed by atoms with van der Waals surface area (Å²) in [4.78, 5) is 37.5. The van der Waals surface area contributed by atoms with Gasteiger partial charge in [-0.2, -0.15) is 13.2 Å². The van der Waals surface area contributed by atoms with Gasteiger partial charge in [0.1, 0.15) is 0 Å². The number of hydrogen-bond acceptors (Lipinski definition) is 4. The molecule has 2 saturated carbocycles. The molecule has 0 heterocycles. The minimum atomic E-state index is -4.56. The molecule has 7 nitrogen and oxygen atoms in total. The fourth-order valence-corrected chi connectivity index (χ4v) is 6.71. The van der Waals surface area contributed by atoms with Crippen molar-refractivity contribution in [1.29, 1.82) is 0 Å². The first kappa shape index (κ1) is 38.0. The van der Waals surface area contributed by atoms with E-state index in [2.05, 4.69) is 16.0 Å². The Balaban J connectivity index is 0.000000254. The summed E-state index contributed by atoms with van der Waals surface area (Å²) in [5.74, 6) is -0.206. The Morgan fingerprint density at radius 2 is 1.22 bits per heavy atom. The van der Waals surface area contributed by atoms with Crippen molar-refractivity contribution in [1.82, 2.24) is 10.6 Å². The van der Waals surface area contributed by atoms with Crippen LogP contribution in [0.3, 0.4) is 0 Å². The average Bonchev–Trinajstić information content (AvgIpc) is 3.08. The Hall–Kier alpha value is -3.76. The van der Waals surface area contributed by atoms with Crippen LogP contribution in [0.25, 0.3) is 0 Å². The summed E-state index contributed by atoms with van der Waals surface area (Å²) < 4.78 is 39.5. The first-order chi connectivity index (χ1) is 23.3. The molecule has 0 bridgehead atoms. The zero-order valence-corrected chi connectivity index (χ0v) is 29.0. The minimum Gasteiger partial charge on any atom is -0.398 e. The molecule has 2 fully saturated rings. The molecule has 0 saturated heterocycles. The number of amides is 3. The molecule has 3 aromatic rings. The number of nitrogens with one attached hydrogen (secondary N) is 3. The molecule has 12 heteroatoms. The van der Waals surface area contributed by atoms with Gasteiger partial charge in [-0.3, -0.25) is 14.4 Å². The highest BCUT2D eigenvalue weighted by Crippen LogP contribution is 2.33. The third-order valence-corrected chi connectivity index (χ3v) is 9.64. The quantitative estimate of drug-likeness (QED) is 0.174. The number of halogens is 5. The van der Waals surface area contributed by atoms with Crippen molar-refractivity contribution >= 4 is 52.3 Å². The van der Waals surface area contributed by atoms with Gasteiger partial charge in [0.15, 0.2) is 0 Å². The lowest BCUT2D eigenvalue weighted by Gasteiger charge is -2.22. The van der Waals surface area contributed by atoms with E-state index in [4.69, 9.17) is 28.9 Å². The van der Waals surface area contributed by atoms with E-state index in [9.17, 15) is 27.6 Å². The van der Waals surface area contributed by atoms with E-state index < -0.39 is 17.6 Å². The highest BCUT2D eigenvalue weighted by molar-refractivity contribution is 6.31. The normalized spacial score (nSPS) is 15.5. The third-order valence-electron chi connectivity index (χ3n) is 9.17. The van der Waals surface area contributed by atoms with Crippen molar-refractivity contribution in [3.63, 3.8) is 0 Å². The van der Waals surface area contributed by atoms with Crippen molar-refractivity contribution in [2.45, 2.75) is 77.3 Å². The highest BCUT2D eigenvalue weighted by Gasteiger charge is 2.33. The van der Waals surface area contributed by atoms with Crippen molar-refractivity contribution in [2.75, 3.05) is 24.1 Å². The summed E-state index contributed by atoms with van der Waals surface area (Å²) in [6.45, 7) is 2.52. The highest BCUT2D eigenvalue weighted by atomic mass is 35.5. The Bertz CT molecular complexity index is 1620. The van der Waals surface area contributed by atoms with E-state index in [1.807, 2.05) is 0 Å². The lowest BCUT2D eigenvalue weighted by atomic mass is 9.89. The molecular weight excluding hydrogens is 676 g/mol. The van der Waals surface area contributed by atoms with Crippen LogP contribution in [0.5, 0.6) is 0 Å². The molecular formula is C37H43Cl2F3N4O3. The smallest absolute Gasteiger partial charge is 0.398 e. The molecule has 2 aliphatic carbocycles. The van der Waals surface area contributed by atoms with Crippen molar-refractivity contribution < 1.29 is 27.6 Å². The Kier molecular flexibility index (Phi) is 13.8. The lowest BCUT2D eigenvalue weighted by molar-refractivity contribution is -0.138. The Labute approximate surface area is 295 Å². The second-order valence-electron chi connectivity index (χ2n) is 12.8. The molecule has 264 valence electrons. The van der Waals surface area contributed by atoms with Gasteiger partial charge in [0.25, 0.3) is 17.7 Å². The van der Waals surface area contributed by atoms with Crippen LogP contribution in [-0.4, -0.2) is 30.8 Å². The fourth-order valence-electron chi connectivity index (χ4n) is 6.36. The summed E-state index contributed by atoms with van der Waals surface area (Å²) in [7, 11) is 0. The standard InChI is InChI=1S/C23H24ClF3N2O2.C14H19ClN2O/c1-14-17(8-5-9-19(14)23(25,26)27)22(31)29-20-11-10-16(24)12-18(20)21(30)28-13-15-6-3-2-4-7-15;15-11-6-7-13(16)12(8-11)14(18)17-9-10-4-2-1-3-5-10/h5,8-12,15H,2-4,6-7,13H2,1H3,(H,28,30)(H,29,31);6-8,10H,1-5,9,16H2,(H,17,18). The summed E-state index contributed by atoms with van der Waals surface area (Å²) >= 11 is 11.9. The molecule has 5 N–H and O–H groups in total. The number of nitrogens with two attached hydrogens (primary N) is 1. The molecule has 49 heavy (non-hydrogen) atoms. The van der Waals surface area contributed by atoms with E-state index in [1.54, 1.807) is 18.2 Å². The first-order valence-electron chi connectivity index (χ1n) is 16.7. The molecule has 3 amide bonds. The van der Waals surface area contributed by atoms with E-state index >= 15 is 0 Å². The Morgan fingerprint density at radius 3 is 1.78 bits per heavy atom. The second-order valence-corrected chi connectivity index (χ2v) is 13.7. The third kappa shape index (κ3) is 11.1. The van der Waals surface area contributed by atoms with E-state index in [1.165, 1.54) is 75.8 Å². The molecule has 0 aliphatic heterocycles. The SMILES string of the molecule is Cc1c(C(=O)Nc2ccc(Cl)cc2C(=O)NCC2CCCCC2)cccc1C(F)(F)F.Nc1ccc(Cl)cc1C(=O)NCC1CCCCC1. The van der Waals surface area contributed by atoms with Gasteiger partial charge < -0.3 is 21.7 Å². The largest absolute Gasteiger partial charge is 0.416 e. The van der Waals surface area contributed by atoms with Crippen molar-refractivity contribution in [2.24, 2.45) is 11.8 Å². The van der Waals surface area contributed by atoms with E-state index in [0.29, 0.717) is 39.7 Å². The second kappa shape index (κ2) is 17.8. The summed E-state index contributed by atoms with van der Waals surface area (Å²) in [5.41, 5.74) is 5.92. The molecule has 0 spiro atoms. The molecule has 0 atom stereocenters. The topological polar surface area (TPSA) is 113 Å². The maximum Gasteiger partial charge on any atom is 0.416 e. The van der Waals surface area contributed by atoms with Gasteiger partial charge in [-0.05, 0) is 98.5 Å². The number of rotatable bonds is 8. The number of carbonyl (C=O) groups is 3. The lowest BCUT2D eigenvalue weighted by Crippen LogP contribution is -2.31. The maximum atomic E-state index is 13.2. The molecule has 2 aliphatic rings. The van der Waals surface area contributed by atoms with Gasteiger partial charge in [-0.15, -0.1) is 0 Å². The summed E-state index contributed by atoms with van der Waals surface area (Å²) in [6.07, 6.45) is 7.38. The van der Waals surface area contributed by atoms with E-state index in [0.717, 1.165) is 38.3 Å². The van der Waals surface area contributed by atoms with Crippen LogP contribution in [-0.2, 0) is 6.18 Å². The number of hydrogen-bond donors (Lipinski definition) is 4. The number of anilines is 2. The fraction of sp³-hybridized carbons (Fsp3) is 0.432. The van der Waals surface area contributed by atoms with Crippen LogP contribution in [0.15, 0.2) is 54.6 Å². The maximum absolute atomic E-state index is 13.2. The Morgan fingerprint density at radius 1 is 0.714 bits per heavy atom. The minimum absolute atomic E-state index is 0.113. The summed E-state index contributed by atoms with van der Waals surface area (Å²) in [5, 5.41) is 9.27. The number of nitrogen functional groups attached to an aromatic ring is 1. The van der Waals surface area contributed by atoms with E-state index in [-0.39, 0.29) is 34.2 Å². The van der Waals surface area contributed by atoms with Crippen LogP contribution in [0.4, 0.5) is 24.5 Å². The molecule has 5 rings (SSSR count). The number of benzene rings is 3. The van der Waals surface area contributed by atoms with Gasteiger partial charge in [0, 0.05) is 34.4 Å². The zero-order valence-electron chi connectivity index (χ0n) is 27.5. The number of carbonyl (C=O) groups excluding carboxylic acids is 3. The number of alkyl halides is 3. The summed E-state index contributed by atoms with van der Waals surface area (Å²) in [6, 6.07) is 12.8. The van der Waals surface area contributed by atoms with Crippen LogP contribution in [0.1, 0.15) is 106 Å². The zero-order chi connectivity index (χ0) is 35.6. The van der Waals surface area contributed by atoms with Crippen LogP contribution in [0.2, 0.25) is 10.0 Å². The molecule has 0 unspecified atom stereocenters. The van der Waals surface area contributed by atoms with Gasteiger partial charge in [0.05, 0.1) is 22.4 Å². The monoisotopic (exact) mass is 718 g/mol. The molecule has 3 aromatic carbocycles. The predicted molar refractivity (Wildman–Crippen MR) is 189 cm³/mol.